The molecule has 4 aromatic rings. The Morgan fingerprint density at radius 3 is 2.92 bits per heavy atom. The third kappa shape index (κ3) is 4.74. The molecule has 1 atom stereocenters. The molecule has 12 heteroatoms. The van der Waals surface area contributed by atoms with Crippen LogP contribution in [0.15, 0.2) is 80.1 Å². The van der Waals surface area contributed by atoms with Crippen molar-refractivity contribution in [2.45, 2.75) is 36.4 Å². The van der Waals surface area contributed by atoms with E-state index in [-0.39, 0.29) is 28.8 Å². The van der Waals surface area contributed by atoms with Crippen LogP contribution in [0.1, 0.15) is 36.7 Å². The SMILES string of the molecule is Cc1ccc(C2C(C#N)=C(N)N(c3nnc(SCC(=O)Nc4cnc5ccccc5c4)s3)C3=C2C(=O)CCC3)o1. The molecule has 1 unspecified atom stereocenters. The number of nitrogens with zero attached hydrogens (tertiary/aromatic N) is 5. The van der Waals surface area contributed by atoms with E-state index in [9.17, 15) is 14.9 Å². The molecule has 1 aromatic carbocycles. The summed E-state index contributed by atoms with van der Waals surface area (Å²) in [5.74, 6) is 0.609. The van der Waals surface area contributed by atoms with Gasteiger partial charge in [-0.2, -0.15) is 5.26 Å². The number of para-hydroxylation sites is 1. The fourth-order valence-corrected chi connectivity index (χ4v) is 6.69. The lowest BCUT2D eigenvalue weighted by atomic mass is 9.78. The summed E-state index contributed by atoms with van der Waals surface area (Å²) >= 11 is 2.49. The molecule has 3 N–H and O–H groups in total. The number of aromatic nitrogens is 3. The highest BCUT2D eigenvalue weighted by molar-refractivity contribution is 8.01. The van der Waals surface area contributed by atoms with E-state index in [2.05, 4.69) is 26.6 Å². The summed E-state index contributed by atoms with van der Waals surface area (Å²) in [5.41, 5.74) is 9.49. The molecule has 10 nitrogen and oxygen atoms in total. The number of hydrogen-bond acceptors (Lipinski definition) is 11. The summed E-state index contributed by atoms with van der Waals surface area (Å²) in [6, 6.07) is 15.4. The van der Waals surface area contributed by atoms with E-state index in [1.54, 1.807) is 23.2 Å². The molecule has 0 saturated carbocycles. The fourth-order valence-electron chi connectivity index (χ4n) is 5.01. The number of nitriles is 1. The first kappa shape index (κ1) is 25.8. The van der Waals surface area contributed by atoms with Crippen LogP contribution in [-0.2, 0) is 9.59 Å². The van der Waals surface area contributed by atoms with E-state index >= 15 is 0 Å². The van der Waals surface area contributed by atoms with Crippen molar-refractivity contribution < 1.29 is 14.0 Å². The lowest BCUT2D eigenvalue weighted by Crippen LogP contribution is -2.38. The van der Waals surface area contributed by atoms with Gasteiger partial charge in [0.1, 0.15) is 17.3 Å². The normalized spacial score (nSPS) is 17.2. The molecule has 1 amide bonds. The first-order valence-corrected chi connectivity index (χ1v) is 14.4. The number of nitrogens with two attached hydrogens (primary N) is 1. The molecule has 3 aromatic heterocycles. The minimum absolute atomic E-state index is 0.0375. The molecule has 0 bridgehead atoms. The Bertz CT molecular complexity index is 1760. The van der Waals surface area contributed by atoms with Crippen molar-refractivity contribution in [3.05, 3.63) is 82.8 Å². The van der Waals surface area contributed by atoms with Crippen molar-refractivity contribution in [1.82, 2.24) is 15.2 Å². The third-order valence-corrected chi connectivity index (χ3v) is 8.79. The third-order valence-electron chi connectivity index (χ3n) is 6.75. The molecule has 200 valence electrons. The quantitative estimate of drug-likeness (QED) is 0.303. The largest absolute Gasteiger partial charge is 0.465 e. The fraction of sp³-hybridized carbons (Fsp3) is 0.214. The lowest BCUT2D eigenvalue weighted by Gasteiger charge is -2.37. The Morgan fingerprint density at radius 2 is 2.12 bits per heavy atom. The van der Waals surface area contributed by atoms with Crippen LogP contribution in [0.25, 0.3) is 10.9 Å². The summed E-state index contributed by atoms with van der Waals surface area (Å²) in [4.78, 5) is 31.9. The topological polar surface area (TPSA) is 151 Å². The van der Waals surface area contributed by atoms with Crippen molar-refractivity contribution in [2.24, 2.45) is 5.73 Å². The van der Waals surface area contributed by atoms with E-state index in [1.165, 1.54) is 23.1 Å². The Kier molecular flexibility index (Phi) is 6.83. The zero-order valence-electron chi connectivity index (χ0n) is 21.4. The molecule has 4 heterocycles. The van der Waals surface area contributed by atoms with Crippen LogP contribution in [0.4, 0.5) is 10.8 Å². The molecule has 0 radical (unpaired) electrons. The summed E-state index contributed by atoms with van der Waals surface area (Å²) in [5, 5.41) is 22.9. The van der Waals surface area contributed by atoms with Gasteiger partial charge in [-0.25, -0.2) is 0 Å². The van der Waals surface area contributed by atoms with Crippen LogP contribution in [-0.4, -0.2) is 32.6 Å². The van der Waals surface area contributed by atoms with Crippen LogP contribution in [0, 0.1) is 18.3 Å². The second kappa shape index (κ2) is 10.6. The molecule has 40 heavy (non-hydrogen) atoms. The minimum atomic E-state index is -0.659. The number of amides is 1. The number of furan rings is 1. The zero-order chi connectivity index (χ0) is 27.8. The van der Waals surface area contributed by atoms with Gasteiger partial charge in [-0.15, -0.1) is 10.2 Å². The van der Waals surface area contributed by atoms with Crippen molar-refractivity contribution in [3.8, 4) is 6.07 Å². The van der Waals surface area contributed by atoms with Gasteiger partial charge in [0.15, 0.2) is 10.1 Å². The van der Waals surface area contributed by atoms with Crippen LogP contribution >= 0.6 is 23.1 Å². The Hall–Kier alpha value is -4.47. The second-order valence-corrected chi connectivity index (χ2v) is 11.5. The monoisotopic (exact) mass is 569 g/mol. The molecular formula is C28H23N7O3S2. The average Bonchev–Trinajstić information content (AvgIpc) is 3.60. The first-order chi connectivity index (χ1) is 19.4. The van der Waals surface area contributed by atoms with Crippen molar-refractivity contribution >= 4 is 56.5 Å². The Balaban J connectivity index is 1.23. The van der Waals surface area contributed by atoms with Crippen molar-refractivity contribution in [3.63, 3.8) is 0 Å². The first-order valence-electron chi connectivity index (χ1n) is 12.6. The van der Waals surface area contributed by atoms with Crippen molar-refractivity contribution in [2.75, 3.05) is 16.0 Å². The van der Waals surface area contributed by atoms with Gasteiger partial charge in [-0.05, 0) is 44.0 Å². The van der Waals surface area contributed by atoms with Crippen LogP contribution in [0.2, 0.25) is 0 Å². The number of Topliss-reactive ketones (excluding diaryl/α,β-unsaturated/α-hetero) is 1. The van der Waals surface area contributed by atoms with E-state index in [0.29, 0.717) is 57.2 Å². The predicted molar refractivity (Wildman–Crippen MR) is 152 cm³/mol. The zero-order valence-corrected chi connectivity index (χ0v) is 23.0. The average molecular weight is 570 g/mol. The molecule has 1 aliphatic heterocycles. The van der Waals surface area contributed by atoms with E-state index in [0.717, 1.165) is 10.9 Å². The van der Waals surface area contributed by atoms with E-state index < -0.39 is 5.92 Å². The number of pyridine rings is 1. The molecular weight excluding hydrogens is 546 g/mol. The number of hydrogen-bond donors (Lipinski definition) is 2. The van der Waals surface area contributed by atoms with Crippen LogP contribution < -0.4 is 16.0 Å². The van der Waals surface area contributed by atoms with Gasteiger partial charge in [-0.1, -0.05) is 41.3 Å². The number of ketones is 1. The van der Waals surface area contributed by atoms with Gasteiger partial charge in [0.25, 0.3) is 0 Å². The van der Waals surface area contributed by atoms with Gasteiger partial charge >= 0.3 is 0 Å². The molecule has 1 aliphatic carbocycles. The van der Waals surface area contributed by atoms with Gasteiger partial charge in [0.05, 0.1) is 40.7 Å². The highest BCUT2D eigenvalue weighted by Gasteiger charge is 2.42. The maximum absolute atomic E-state index is 13.2. The summed E-state index contributed by atoms with van der Waals surface area (Å²) in [7, 11) is 0. The van der Waals surface area contributed by atoms with Crippen molar-refractivity contribution in [1.29, 1.82) is 5.26 Å². The number of carbonyl (C=O) groups is 2. The predicted octanol–water partition coefficient (Wildman–Crippen LogP) is 5.02. The van der Waals surface area contributed by atoms with Gasteiger partial charge in [-0.3, -0.25) is 19.5 Å². The second-order valence-electron chi connectivity index (χ2n) is 9.37. The van der Waals surface area contributed by atoms with Gasteiger partial charge < -0.3 is 15.5 Å². The molecule has 6 rings (SSSR count). The van der Waals surface area contributed by atoms with E-state index in [1.807, 2.05) is 37.3 Å². The Morgan fingerprint density at radius 1 is 1.27 bits per heavy atom. The number of allylic oxidation sites excluding steroid dienone is 3. The lowest BCUT2D eigenvalue weighted by molar-refractivity contribution is -0.116. The summed E-state index contributed by atoms with van der Waals surface area (Å²) in [6.45, 7) is 1.81. The van der Waals surface area contributed by atoms with Crippen LogP contribution in [0.5, 0.6) is 0 Å². The molecule has 0 fully saturated rings. The number of rotatable bonds is 6. The summed E-state index contributed by atoms with van der Waals surface area (Å²) in [6.07, 6.45) is 3.28. The Labute approximate surface area is 237 Å². The number of fused-ring (bicyclic) bond motifs is 1. The number of anilines is 2. The maximum Gasteiger partial charge on any atom is 0.234 e. The molecule has 0 spiro atoms. The van der Waals surface area contributed by atoms with Crippen LogP contribution in [0.3, 0.4) is 0 Å². The highest BCUT2D eigenvalue weighted by Crippen LogP contribution is 2.47. The van der Waals surface area contributed by atoms with Gasteiger partial charge in [0, 0.05) is 23.1 Å². The number of aryl methyl sites for hydroxylation is 1. The maximum atomic E-state index is 13.2. The summed E-state index contributed by atoms with van der Waals surface area (Å²) < 4.78 is 6.40. The molecule has 0 saturated heterocycles. The number of thioether (sulfide) groups is 1. The van der Waals surface area contributed by atoms with Gasteiger partial charge in [0.2, 0.25) is 11.0 Å². The standard InChI is InChI=1S/C28H23N7O3S2/c1-15-9-10-22(38-15)24-18(12-29)26(30)35(20-7-4-8-21(36)25(20)24)27-33-34-28(40-27)39-14-23(37)32-17-11-16-5-2-3-6-19(16)31-13-17/h2-3,5-6,9-11,13,24H,4,7-8,14,30H2,1H3,(H,32,37). The molecule has 2 aliphatic rings. The highest BCUT2D eigenvalue weighted by atomic mass is 32.2. The van der Waals surface area contributed by atoms with E-state index in [4.69, 9.17) is 10.2 Å². The number of carbonyl (C=O) groups excluding carboxylic acids is 2. The minimum Gasteiger partial charge on any atom is -0.465 e. The smallest absolute Gasteiger partial charge is 0.234 e. The number of nitrogens with one attached hydrogen (secondary N) is 1. The number of benzene rings is 1.